The number of halogens is 1. The molecule has 0 aliphatic carbocycles. The van der Waals surface area contributed by atoms with Gasteiger partial charge >= 0.3 is 0 Å². The maximum Gasteiger partial charge on any atom is 0.262 e. The molecular formula is C15H11ClN2O3. The summed E-state index contributed by atoms with van der Waals surface area (Å²) in [6.07, 6.45) is 2.89. The van der Waals surface area contributed by atoms with Crippen LogP contribution < -0.4 is 5.32 Å². The summed E-state index contributed by atoms with van der Waals surface area (Å²) in [5.74, 6) is 0.0148. The van der Waals surface area contributed by atoms with E-state index >= 15 is 0 Å². The molecule has 0 fully saturated rings. The topological polar surface area (TPSA) is 86.3 Å². The van der Waals surface area contributed by atoms with Crippen LogP contribution in [-0.4, -0.2) is 11.0 Å². The number of nitrogens with one attached hydrogen (secondary N) is 1. The van der Waals surface area contributed by atoms with Crippen LogP contribution in [0.1, 0.15) is 11.3 Å². The Balaban J connectivity index is 2.10. The molecule has 21 heavy (non-hydrogen) atoms. The van der Waals surface area contributed by atoms with Crippen molar-refractivity contribution in [1.82, 2.24) is 5.32 Å². The first-order valence-corrected chi connectivity index (χ1v) is 6.39. The highest BCUT2D eigenvalue weighted by Gasteiger charge is 2.10. The van der Waals surface area contributed by atoms with Gasteiger partial charge in [0.05, 0.1) is 17.8 Å². The Morgan fingerprint density at radius 2 is 2.29 bits per heavy atom. The number of phenols is 1. The minimum atomic E-state index is -0.516. The summed E-state index contributed by atoms with van der Waals surface area (Å²) in [6, 6.07) is 9.67. The third-order valence-electron chi connectivity index (χ3n) is 2.65. The molecule has 0 radical (unpaired) electrons. The fourth-order valence-electron chi connectivity index (χ4n) is 1.60. The molecule has 0 unspecified atom stereocenters. The third kappa shape index (κ3) is 3.88. The summed E-state index contributed by atoms with van der Waals surface area (Å²) in [7, 11) is 0. The molecule has 6 heteroatoms. The molecule has 0 saturated heterocycles. The van der Waals surface area contributed by atoms with Crippen molar-refractivity contribution in [3.8, 4) is 11.8 Å². The van der Waals surface area contributed by atoms with Crippen molar-refractivity contribution in [2.24, 2.45) is 0 Å². The van der Waals surface area contributed by atoms with Gasteiger partial charge in [0.2, 0.25) is 0 Å². The summed E-state index contributed by atoms with van der Waals surface area (Å²) >= 11 is 5.77. The van der Waals surface area contributed by atoms with Crippen LogP contribution in [0.5, 0.6) is 5.75 Å². The second-order valence-corrected chi connectivity index (χ2v) is 4.55. The molecule has 0 bridgehead atoms. The molecule has 0 aliphatic heterocycles. The first kappa shape index (κ1) is 14.7. The molecule has 1 amide bonds. The van der Waals surface area contributed by atoms with Gasteiger partial charge in [0, 0.05) is 0 Å². The number of aromatic hydroxyl groups is 1. The molecule has 0 aliphatic rings. The summed E-state index contributed by atoms with van der Waals surface area (Å²) in [4.78, 5) is 11.9. The second kappa shape index (κ2) is 6.64. The quantitative estimate of drug-likeness (QED) is 0.671. The number of nitriles is 1. The van der Waals surface area contributed by atoms with Crippen molar-refractivity contribution in [2.45, 2.75) is 6.54 Å². The lowest BCUT2D eigenvalue weighted by Gasteiger charge is -2.03. The van der Waals surface area contributed by atoms with Crippen molar-refractivity contribution in [2.75, 3.05) is 0 Å². The van der Waals surface area contributed by atoms with E-state index in [0.29, 0.717) is 11.3 Å². The van der Waals surface area contributed by atoms with E-state index in [-0.39, 0.29) is 22.9 Å². The molecule has 1 heterocycles. The Morgan fingerprint density at radius 1 is 1.48 bits per heavy atom. The number of nitrogens with zero attached hydrogens (tertiary/aromatic N) is 1. The van der Waals surface area contributed by atoms with Crippen molar-refractivity contribution < 1.29 is 14.3 Å². The normalized spacial score (nSPS) is 11.0. The highest BCUT2D eigenvalue weighted by atomic mass is 35.5. The van der Waals surface area contributed by atoms with Crippen molar-refractivity contribution in [1.29, 1.82) is 5.26 Å². The van der Waals surface area contributed by atoms with Gasteiger partial charge < -0.3 is 14.8 Å². The molecule has 2 aromatic rings. The fraction of sp³-hybridized carbons (Fsp3) is 0.0667. The largest absolute Gasteiger partial charge is 0.506 e. The van der Waals surface area contributed by atoms with Gasteiger partial charge in [-0.05, 0) is 35.9 Å². The van der Waals surface area contributed by atoms with E-state index in [0.717, 1.165) is 0 Å². The van der Waals surface area contributed by atoms with Gasteiger partial charge in [-0.2, -0.15) is 5.26 Å². The number of benzene rings is 1. The van der Waals surface area contributed by atoms with Crippen LogP contribution in [-0.2, 0) is 11.3 Å². The molecule has 106 valence electrons. The van der Waals surface area contributed by atoms with Gasteiger partial charge in [-0.1, -0.05) is 17.7 Å². The Labute approximate surface area is 126 Å². The van der Waals surface area contributed by atoms with E-state index < -0.39 is 5.91 Å². The number of hydrogen-bond donors (Lipinski definition) is 2. The Hall–Kier alpha value is -2.71. The molecule has 2 rings (SSSR count). The highest BCUT2D eigenvalue weighted by Crippen LogP contribution is 2.24. The summed E-state index contributed by atoms with van der Waals surface area (Å²) in [6.45, 7) is 0.196. The number of carbonyl (C=O) groups is 1. The molecule has 1 aromatic heterocycles. The third-order valence-corrected chi connectivity index (χ3v) is 2.95. The number of furan rings is 1. The average molecular weight is 303 g/mol. The molecule has 1 aromatic carbocycles. The molecular weight excluding hydrogens is 292 g/mol. The van der Waals surface area contributed by atoms with Crippen molar-refractivity contribution in [3.63, 3.8) is 0 Å². The standard InChI is InChI=1S/C15H11ClN2O3/c16-13-7-10(3-4-14(13)19)6-11(8-17)15(20)18-9-12-2-1-5-21-12/h1-7,19H,9H2,(H,18,20). The van der Waals surface area contributed by atoms with Crippen LogP contribution in [0.3, 0.4) is 0 Å². The Morgan fingerprint density at radius 3 is 2.90 bits per heavy atom. The minimum absolute atomic E-state index is 0.0606. The van der Waals surface area contributed by atoms with Crippen LogP contribution in [0.25, 0.3) is 6.08 Å². The molecule has 0 saturated carbocycles. The van der Waals surface area contributed by atoms with E-state index in [1.54, 1.807) is 18.2 Å². The number of carbonyl (C=O) groups excluding carboxylic acids is 1. The first-order valence-electron chi connectivity index (χ1n) is 6.01. The van der Waals surface area contributed by atoms with Gasteiger partial charge in [-0.3, -0.25) is 4.79 Å². The lowest BCUT2D eigenvalue weighted by Crippen LogP contribution is -2.23. The zero-order chi connectivity index (χ0) is 15.2. The zero-order valence-corrected chi connectivity index (χ0v) is 11.6. The summed E-state index contributed by atoms with van der Waals surface area (Å²) in [5, 5.41) is 21.1. The maximum absolute atomic E-state index is 11.9. The average Bonchev–Trinajstić information content (AvgIpc) is 2.99. The van der Waals surface area contributed by atoms with Gasteiger partial charge in [-0.25, -0.2) is 0 Å². The number of hydrogen-bond acceptors (Lipinski definition) is 4. The van der Waals surface area contributed by atoms with Crippen molar-refractivity contribution >= 4 is 23.6 Å². The van der Waals surface area contributed by atoms with Crippen LogP contribution >= 0.6 is 11.6 Å². The van der Waals surface area contributed by atoms with Gasteiger partial charge in [0.15, 0.2) is 0 Å². The maximum atomic E-state index is 11.9. The SMILES string of the molecule is N#CC(=Cc1ccc(O)c(Cl)c1)C(=O)NCc1ccco1. The van der Waals surface area contributed by atoms with Crippen LogP contribution in [0, 0.1) is 11.3 Å². The summed E-state index contributed by atoms with van der Waals surface area (Å²) in [5.41, 5.74) is 0.478. The van der Waals surface area contributed by atoms with Crippen LogP contribution in [0.2, 0.25) is 5.02 Å². The van der Waals surface area contributed by atoms with E-state index in [1.165, 1.54) is 24.5 Å². The minimum Gasteiger partial charge on any atom is -0.506 e. The lowest BCUT2D eigenvalue weighted by molar-refractivity contribution is -0.117. The first-order chi connectivity index (χ1) is 10.1. The molecule has 5 nitrogen and oxygen atoms in total. The monoisotopic (exact) mass is 302 g/mol. The lowest BCUT2D eigenvalue weighted by atomic mass is 10.1. The van der Waals surface area contributed by atoms with E-state index in [9.17, 15) is 9.90 Å². The molecule has 0 atom stereocenters. The summed E-state index contributed by atoms with van der Waals surface area (Å²) < 4.78 is 5.08. The fourth-order valence-corrected chi connectivity index (χ4v) is 1.79. The number of rotatable bonds is 4. The Bertz CT molecular complexity index is 715. The zero-order valence-electron chi connectivity index (χ0n) is 10.8. The van der Waals surface area contributed by atoms with E-state index in [4.69, 9.17) is 21.3 Å². The predicted molar refractivity (Wildman–Crippen MR) is 77.3 cm³/mol. The van der Waals surface area contributed by atoms with Crippen LogP contribution in [0.15, 0.2) is 46.6 Å². The van der Waals surface area contributed by atoms with Crippen LogP contribution in [0.4, 0.5) is 0 Å². The van der Waals surface area contributed by atoms with E-state index in [2.05, 4.69) is 5.32 Å². The van der Waals surface area contributed by atoms with Gasteiger partial charge in [-0.15, -0.1) is 0 Å². The van der Waals surface area contributed by atoms with Gasteiger partial charge in [0.25, 0.3) is 5.91 Å². The number of phenolic OH excluding ortho intramolecular Hbond substituents is 1. The van der Waals surface area contributed by atoms with Gasteiger partial charge in [0.1, 0.15) is 23.2 Å². The molecule has 2 N–H and O–H groups in total. The smallest absolute Gasteiger partial charge is 0.262 e. The predicted octanol–water partition coefficient (Wildman–Crippen LogP) is 2.86. The van der Waals surface area contributed by atoms with E-state index in [1.807, 2.05) is 6.07 Å². The highest BCUT2D eigenvalue weighted by molar-refractivity contribution is 6.32. The Kier molecular flexibility index (Phi) is 4.64. The second-order valence-electron chi connectivity index (χ2n) is 4.14. The number of amides is 1. The van der Waals surface area contributed by atoms with Crippen molar-refractivity contribution in [3.05, 3.63) is 58.5 Å². The molecule has 0 spiro atoms.